The Balaban J connectivity index is 1.46. The van der Waals surface area contributed by atoms with Crippen LogP contribution in [0.1, 0.15) is 21.5 Å². The van der Waals surface area contributed by atoms with Crippen molar-refractivity contribution in [2.75, 3.05) is 6.79 Å². The highest BCUT2D eigenvalue weighted by molar-refractivity contribution is 6.05. The third-order valence-corrected chi connectivity index (χ3v) is 4.96. The molecule has 0 spiro atoms. The van der Waals surface area contributed by atoms with Gasteiger partial charge in [0.1, 0.15) is 5.70 Å². The number of hydrogen-bond acceptors (Lipinski definition) is 7. The number of rotatable bonds is 8. The molecule has 3 aromatic carbocycles. The van der Waals surface area contributed by atoms with Crippen molar-refractivity contribution in [3.05, 3.63) is 111 Å². The molecule has 0 fully saturated rings. The maximum absolute atomic E-state index is 12.8. The van der Waals surface area contributed by atoms with Gasteiger partial charge in [0.05, 0.1) is 4.92 Å². The minimum atomic E-state index is -0.642. The molecule has 4 rings (SSSR count). The second kappa shape index (κ2) is 11.3. The summed E-state index contributed by atoms with van der Waals surface area (Å²) >= 11 is 0. The normalized spacial score (nSPS) is 12.6. The van der Waals surface area contributed by atoms with Crippen molar-refractivity contribution in [2.45, 2.75) is 0 Å². The Kier molecular flexibility index (Phi) is 7.47. The van der Waals surface area contributed by atoms with Gasteiger partial charge in [-0.3, -0.25) is 19.7 Å². The van der Waals surface area contributed by atoms with Gasteiger partial charge in [-0.25, -0.2) is 5.43 Å². The van der Waals surface area contributed by atoms with Crippen molar-refractivity contribution in [1.82, 2.24) is 10.7 Å². The molecule has 0 aromatic heterocycles. The molecule has 2 amide bonds. The Hall–Kier alpha value is -5.25. The first-order valence-electron chi connectivity index (χ1n) is 10.7. The predicted molar refractivity (Wildman–Crippen MR) is 133 cm³/mol. The molecule has 1 aliphatic rings. The number of ether oxygens (including phenoxy) is 2. The lowest BCUT2D eigenvalue weighted by Gasteiger charge is -2.09. The van der Waals surface area contributed by atoms with Gasteiger partial charge < -0.3 is 14.8 Å². The first kappa shape index (κ1) is 23.9. The molecular weight excluding hydrogens is 464 g/mol. The maximum Gasteiger partial charge on any atom is 0.287 e. The van der Waals surface area contributed by atoms with Gasteiger partial charge in [0.25, 0.3) is 17.5 Å². The van der Waals surface area contributed by atoms with E-state index in [1.807, 2.05) is 0 Å². The molecule has 10 heteroatoms. The molecule has 0 radical (unpaired) electrons. The lowest BCUT2D eigenvalue weighted by atomic mass is 10.1. The minimum Gasteiger partial charge on any atom is -0.454 e. The van der Waals surface area contributed by atoms with Gasteiger partial charge in [0, 0.05) is 23.9 Å². The number of carbonyl (C=O) groups is 2. The molecule has 0 unspecified atom stereocenters. The second-order valence-corrected chi connectivity index (χ2v) is 7.42. The number of benzene rings is 3. The zero-order valence-corrected chi connectivity index (χ0v) is 18.8. The SMILES string of the molecule is O=C(N/N=C\C=C\c1ccc([N+](=O)[O-])cc1)/C(=C\c1ccc2c(c1)OCO2)NC(=O)c1ccccc1. The third-order valence-electron chi connectivity index (χ3n) is 4.96. The third kappa shape index (κ3) is 6.20. The summed E-state index contributed by atoms with van der Waals surface area (Å²) < 4.78 is 10.7. The Morgan fingerprint density at radius 3 is 2.42 bits per heavy atom. The van der Waals surface area contributed by atoms with Crippen molar-refractivity contribution < 1.29 is 24.0 Å². The average Bonchev–Trinajstić information content (AvgIpc) is 3.36. The Labute approximate surface area is 205 Å². The van der Waals surface area contributed by atoms with Crippen LogP contribution in [-0.2, 0) is 4.79 Å². The second-order valence-electron chi connectivity index (χ2n) is 7.42. The standard InChI is InChI=1S/C26H20N4O6/c31-25(20-6-2-1-3-7-20)28-22(15-19-10-13-23-24(16-19)36-17-35-23)26(32)29-27-14-4-5-18-8-11-21(12-9-18)30(33)34/h1-16H,17H2,(H,28,31)(H,29,32)/b5-4+,22-15+,27-14-. The van der Waals surface area contributed by atoms with Crippen LogP contribution in [-0.4, -0.2) is 29.7 Å². The van der Waals surface area contributed by atoms with Crippen molar-refractivity contribution >= 4 is 35.9 Å². The monoisotopic (exact) mass is 484 g/mol. The van der Waals surface area contributed by atoms with Gasteiger partial charge in [-0.15, -0.1) is 0 Å². The highest BCUT2D eigenvalue weighted by atomic mass is 16.7. The zero-order chi connectivity index (χ0) is 25.3. The lowest BCUT2D eigenvalue weighted by Crippen LogP contribution is -2.32. The lowest BCUT2D eigenvalue weighted by molar-refractivity contribution is -0.384. The number of allylic oxidation sites excluding steroid dienone is 1. The number of amides is 2. The number of non-ortho nitro benzene ring substituents is 1. The van der Waals surface area contributed by atoms with Crippen molar-refractivity contribution in [2.24, 2.45) is 5.10 Å². The predicted octanol–water partition coefficient (Wildman–Crippen LogP) is 3.91. The fourth-order valence-corrected chi connectivity index (χ4v) is 3.17. The van der Waals surface area contributed by atoms with Crippen LogP contribution in [0.4, 0.5) is 5.69 Å². The summed E-state index contributed by atoms with van der Waals surface area (Å²) in [5, 5.41) is 17.2. The molecule has 10 nitrogen and oxygen atoms in total. The molecule has 36 heavy (non-hydrogen) atoms. The van der Waals surface area contributed by atoms with E-state index in [4.69, 9.17) is 9.47 Å². The summed E-state index contributed by atoms with van der Waals surface area (Å²) in [6.45, 7) is 0.114. The van der Waals surface area contributed by atoms with Gasteiger partial charge in [0.2, 0.25) is 6.79 Å². The summed E-state index contributed by atoms with van der Waals surface area (Å²) in [6.07, 6.45) is 6.07. The molecule has 0 aliphatic carbocycles. The van der Waals surface area contributed by atoms with Gasteiger partial charge in [0.15, 0.2) is 11.5 Å². The van der Waals surface area contributed by atoms with E-state index in [-0.39, 0.29) is 18.2 Å². The zero-order valence-electron chi connectivity index (χ0n) is 18.8. The molecule has 1 heterocycles. The molecular formula is C26H20N4O6. The number of hydrogen-bond donors (Lipinski definition) is 2. The van der Waals surface area contributed by atoms with Crippen molar-refractivity contribution in [1.29, 1.82) is 0 Å². The number of nitro benzene ring substituents is 1. The van der Waals surface area contributed by atoms with E-state index in [1.54, 1.807) is 72.8 Å². The Morgan fingerprint density at radius 2 is 1.67 bits per heavy atom. The van der Waals surface area contributed by atoms with Crippen LogP contribution in [0.5, 0.6) is 11.5 Å². The van der Waals surface area contributed by atoms with E-state index >= 15 is 0 Å². The Morgan fingerprint density at radius 1 is 0.944 bits per heavy atom. The Bertz CT molecular complexity index is 1360. The number of nitro groups is 1. The van der Waals surface area contributed by atoms with E-state index < -0.39 is 16.7 Å². The summed E-state index contributed by atoms with van der Waals surface area (Å²) in [5.74, 6) is 0.0277. The van der Waals surface area contributed by atoms with E-state index in [0.29, 0.717) is 22.6 Å². The van der Waals surface area contributed by atoms with E-state index in [2.05, 4.69) is 15.8 Å². The van der Waals surface area contributed by atoms with Crippen LogP contribution >= 0.6 is 0 Å². The average molecular weight is 484 g/mol. The van der Waals surface area contributed by atoms with Crippen LogP contribution in [0.25, 0.3) is 12.2 Å². The minimum absolute atomic E-state index is 0.00703. The molecule has 0 atom stereocenters. The maximum atomic E-state index is 12.8. The van der Waals surface area contributed by atoms with Gasteiger partial charge >= 0.3 is 0 Å². The fourth-order valence-electron chi connectivity index (χ4n) is 3.17. The number of nitrogens with one attached hydrogen (secondary N) is 2. The number of nitrogens with zero attached hydrogens (tertiary/aromatic N) is 2. The number of hydrazone groups is 1. The largest absolute Gasteiger partial charge is 0.454 e. The summed E-state index contributed by atoms with van der Waals surface area (Å²) in [5.41, 5.74) is 4.05. The molecule has 2 N–H and O–H groups in total. The van der Waals surface area contributed by atoms with E-state index in [1.165, 1.54) is 24.4 Å². The summed E-state index contributed by atoms with van der Waals surface area (Å²) in [6, 6.07) is 19.6. The van der Waals surface area contributed by atoms with Crippen LogP contribution in [0.15, 0.2) is 89.7 Å². The number of carbonyl (C=O) groups excluding carboxylic acids is 2. The molecule has 0 saturated heterocycles. The van der Waals surface area contributed by atoms with Crippen molar-refractivity contribution in [3.8, 4) is 11.5 Å². The van der Waals surface area contributed by atoms with Gasteiger partial charge in [-0.2, -0.15) is 5.10 Å². The molecule has 0 bridgehead atoms. The smallest absolute Gasteiger partial charge is 0.287 e. The van der Waals surface area contributed by atoms with Gasteiger partial charge in [-0.05, 0) is 59.7 Å². The van der Waals surface area contributed by atoms with E-state index in [9.17, 15) is 19.7 Å². The fraction of sp³-hybridized carbons (Fsp3) is 0.0385. The quantitative estimate of drug-likeness (QED) is 0.216. The van der Waals surface area contributed by atoms with Crippen LogP contribution in [0.3, 0.4) is 0 Å². The van der Waals surface area contributed by atoms with Crippen LogP contribution in [0.2, 0.25) is 0 Å². The first-order valence-corrected chi connectivity index (χ1v) is 10.7. The highest BCUT2D eigenvalue weighted by Crippen LogP contribution is 2.33. The molecule has 3 aromatic rings. The van der Waals surface area contributed by atoms with Gasteiger partial charge in [-0.1, -0.05) is 30.3 Å². The molecule has 180 valence electrons. The van der Waals surface area contributed by atoms with E-state index in [0.717, 1.165) is 5.56 Å². The molecule has 1 aliphatic heterocycles. The van der Waals surface area contributed by atoms with Crippen LogP contribution < -0.4 is 20.2 Å². The summed E-state index contributed by atoms with van der Waals surface area (Å²) in [7, 11) is 0. The van der Waals surface area contributed by atoms with Crippen molar-refractivity contribution in [3.63, 3.8) is 0 Å². The topological polar surface area (TPSA) is 132 Å². The highest BCUT2D eigenvalue weighted by Gasteiger charge is 2.16. The van der Waals surface area contributed by atoms with Crippen LogP contribution in [0, 0.1) is 10.1 Å². The number of fused-ring (bicyclic) bond motifs is 1. The first-order chi connectivity index (χ1) is 17.5. The molecule has 0 saturated carbocycles. The summed E-state index contributed by atoms with van der Waals surface area (Å²) in [4.78, 5) is 35.7.